The van der Waals surface area contributed by atoms with E-state index in [-0.39, 0.29) is 0 Å². The maximum atomic E-state index is 6.36. The van der Waals surface area contributed by atoms with Crippen LogP contribution in [0.25, 0.3) is 11.1 Å². The van der Waals surface area contributed by atoms with Crippen LogP contribution in [0.4, 0.5) is 5.69 Å². The molecular weight excluding hydrogens is 302 g/mol. The molecule has 0 amide bonds. The van der Waals surface area contributed by atoms with E-state index in [1.54, 1.807) is 0 Å². The molecule has 3 aromatic carbocycles. The van der Waals surface area contributed by atoms with Crippen LogP contribution in [0.5, 0.6) is 0 Å². The molecule has 1 N–H and O–H groups in total. The highest BCUT2D eigenvalue weighted by Crippen LogP contribution is 2.40. The van der Waals surface area contributed by atoms with Crippen LogP contribution < -0.4 is 5.32 Å². The fourth-order valence-electron chi connectivity index (χ4n) is 3.31. The Kier molecular flexibility index (Phi) is 3.59. The van der Waals surface area contributed by atoms with E-state index < -0.39 is 0 Å². The van der Waals surface area contributed by atoms with Crippen molar-refractivity contribution >= 4 is 17.3 Å². The van der Waals surface area contributed by atoms with Crippen LogP contribution in [0.15, 0.2) is 66.7 Å². The Bertz CT molecular complexity index is 807. The minimum absolute atomic E-state index is 0.299. The number of benzene rings is 3. The Hall–Kier alpha value is -2.25. The van der Waals surface area contributed by atoms with Crippen LogP contribution in [0.3, 0.4) is 0 Å². The summed E-state index contributed by atoms with van der Waals surface area (Å²) >= 11 is 6.36. The lowest BCUT2D eigenvalue weighted by Crippen LogP contribution is -2.05. The van der Waals surface area contributed by atoms with Gasteiger partial charge in [0.15, 0.2) is 0 Å². The number of hydrogen-bond acceptors (Lipinski definition) is 1. The van der Waals surface area contributed by atoms with E-state index in [2.05, 4.69) is 66.8 Å². The van der Waals surface area contributed by atoms with Gasteiger partial charge in [-0.05, 0) is 40.8 Å². The first kappa shape index (κ1) is 14.3. The minimum atomic E-state index is 0.299. The third kappa shape index (κ3) is 2.62. The molecule has 0 fully saturated rings. The van der Waals surface area contributed by atoms with E-state index in [1.807, 2.05) is 12.1 Å². The lowest BCUT2D eigenvalue weighted by molar-refractivity contribution is 0.824. The standard InChI is InChI=1S/C21H18ClN/c1-14-7-12-19(22)18-13-20(23-21(14)18)17-10-8-16(9-11-17)15-5-3-2-4-6-15/h2-12,20,23H,13H2,1H3. The highest BCUT2D eigenvalue weighted by atomic mass is 35.5. The maximum Gasteiger partial charge on any atom is 0.0555 e. The molecule has 4 rings (SSSR count). The number of rotatable bonds is 2. The highest BCUT2D eigenvalue weighted by molar-refractivity contribution is 6.31. The number of halogens is 1. The summed E-state index contributed by atoms with van der Waals surface area (Å²) in [7, 11) is 0. The molecule has 1 unspecified atom stereocenters. The molecule has 0 saturated heterocycles. The van der Waals surface area contributed by atoms with Crippen molar-refractivity contribution in [3.8, 4) is 11.1 Å². The van der Waals surface area contributed by atoms with Gasteiger partial charge in [0.25, 0.3) is 0 Å². The van der Waals surface area contributed by atoms with E-state index in [9.17, 15) is 0 Å². The van der Waals surface area contributed by atoms with Gasteiger partial charge in [0.05, 0.1) is 6.04 Å². The molecule has 3 aromatic rings. The summed E-state index contributed by atoms with van der Waals surface area (Å²) in [6.45, 7) is 2.13. The molecular formula is C21H18ClN. The number of hydrogen-bond donors (Lipinski definition) is 1. The second-order valence-electron chi connectivity index (χ2n) is 6.11. The van der Waals surface area contributed by atoms with Gasteiger partial charge in [0.2, 0.25) is 0 Å². The number of anilines is 1. The van der Waals surface area contributed by atoms with E-state index in [4.69, 9.17) is 11.6 Å². The van der Waals surface area contributed by atoms with Gasteiger partial charge < -0.3 is 5.32 Å². The fraction of sp³-hybridized carbons (Fsp3) is 0.143. The molecule has 1 nitrogen and oxygen atoms in total. The quantitative estimate of drug-likeness (QED) is 0.608. The Labute approximate surface area is 141 Å². The lowest BCUT2D eigenvalue weighted by Gasteiger charge is -2.13. The summed E-state index contributed by atoms with van der Waals surface area (Å²) < 4.78 is 0. The maximum absolute atomic E-state index is 6.36. The van der Waals surface area contributed by atoms with Crippen molar-refractivity contribution in [3.63, 3.8) is 0 Å². The third-order valence-corrected chi connectivity index (χ3v) is 4.97. The molecule has 1 aliphatic rings. The first-order valence-electron chi connectivity index (χ1n) is 7.92. The predicted octanol–water partition coefficient (Wildman–Crippen LogP) is 6.02. The first-order valence-corrected chi connectivity index (χ1v) is 8.30. The molecule has 0 aliphatic carbocycles. The molecule has 23 heavy (non-hydrogen) atoms. The van der Waals surface area contributed by atoms with E-state index in [1.165, 1.54) is 33.5 Å². The van der Waals surface area contributed by atoms with Gasteiger partial charge in [-0.25, -0.2) is 0 Å². The lowest BCUT2D eigenvalue weighted by atomic mass is 9.99. The van der Waals surface area contributed by atoms with Crippen LogP contribution in [-0.4, -0.2) is 0 Å². The Morgan fingerprint density at radius 3 is 2.26 bits per heavy atom. The first-order chi connectivity index (χ1) is 11.2. The van der Waals surface area contributed by atoms with E-state index in [0.717, 1.165) is 11.4 Å². The average Bonchev–Trinajstić information content (AvgIpc) is 3.06. The van der Waals surface area contributed by atoms with Crippen LogP contribution in [-0.2, 0) is 6.42 Å². The van der Waals surface area contributed by atoms with Crippen molar-refractivity contribution in [1.29, 1.82) is 0 Å². The SMILES string of the molecule is Cc1ccc(Cl)c2c1NC(c1ccc(-c3ccccc3)cc1)C2. The molecule has 2 heteroatoms. The summed E-state index contributed by atoms with van der Waals surface area (Å²) in [5.41, 5.74) is 7.50. The van der Waals surface area contributed by atoms with Crippen molar-refractivity contribution in [2.45, 2.75) is 19.4 Å². The Morgan fingerprint density at radius 2 is 1.57 bits per heavy atom. The summed E-state index contributed by atoms with van der Waals surface area (Å²) in [6.07, 6.45) is 0.945. The third-order valence-electron chi connectivity index (χ3n) is 4.61. The smallest absolute Gasteiger partial charge is 0.0555 e. The van der Waals surface area contributed by atoms with Crippen molar-refractivity contribution < 1.29 is 0 Å². The van der Waals surface area contributed by atoms with Gasteiger partial charge >= 0.3 is 0 Å². The van der Waals surface area contributed by atoms with Gasteiger partial charge in [-0.2, -0.15) is 0 Å². The van der Waals surface area contributed by atoms with Crippen LogP contribution in [0, 0.1) is 6.92 Å². The zero-order valence-electron chi connectivity index (χ0n) is 13.0. The molecule has 114 valence electrons. The fourth-order valence-corrected chi connectivity index (χ4v) is 3.54. The predicted molar refractivity (Wildman–Crippen MR) is 98.1 cm³/mol. The summed E-state index contributed by atoms with van der Waals surface area (Å²) in [5, 5.41) is 4.50. The number of aryl methyl sites for hydroxylation is 1. The number of nitrogens with one attached hydrogen (secondary N) is 1. The average molecular weight is 320 g/mol. The van der Waals surface area contributed by atoms with Gasteiger partial charge in [0.1, 0.15) is 0 Å². The van der Waals surface area contributed by atoms with Crippen molar-refractivity contribution in [2.24, 2.45) is 0 Å². The van der Waals surface area contributed by atoms with Gasteiger partial charge in [-0.15, -0.1) is 0 Å². The van der Waals surface area contributed by atoms with Crippen molar-refractivity contribution in [3.05, 3.63) is 88.4 Å². The van der Waals surface area contributed by atoms with E-state index in [0.29, 0.717) is 6.04 Å². The van der Waals surface area contributed by atoms with Crippen LogP contribution in [0.1, 0.15) is 22.7 Å². The molecule has 0 saturated carbocycles. The molecule has 1 atom stereocenters. The zero-order chi connectivity index (χ0) is 15.8. The molecule has 0 bridgehead atoms. The normalized spacial score (nSPS) is 16.0. The topological polar surface area (TPSA) is 12.0 Å². The summed E-state index contributed by atoms with van der Waals surface area (Å²) in [4.78, 5) is 0. The minimum Gasteiger partial charge on any atom is -0.377 e. The number of fused-ring (bicyclic) bond motifs is 1. The Morgan fingerprint density at radius 1 is 0.870 bits per heavy atom. The van der Waals surface area contributed by atoms with Crippen LogP contribution >= 0.6 is 11.6 Å². The van der Waals surface area contributed by atoms with E-state index >= 15 is 0 Å². The molecule has 1 heterocycles. The molecule has 0 radical (unpaired) electrons. The van der Waals surface area contributed by atoms with Gasteiger partial charge in [-0.3, -0.25) is 0 Å². The van der Waals surface area contributed by atoms with Gasteiger partial charge in [0, 0.05) is 17.1 Å². The highest BCUT2D eigenvalue weighted by Gasteiger charge is 2.25. The molecule has 0 aromatic heterocycles. The second-order valence-corrected chi connectivity index (χ2v) is 6.51. The monoisotopic (exact) mass is 319 g/mol. The summed E-state index contributed by atoms with van der Waals surface area (Å²) in [5.74, 6) is 0. The van der Waals surface area contributed by atoms with Crippen molar-refractivity contribution in [1.82, 2.24) is 0 Å². The second kappa shape index (κ2) is 5.75. The van der Waals surface area contributed by atoms with Crippen molar-refractivity contribution in [2.75, 3.05) is 5.32 Å². The van der Waals surface area contributed by atoms with Crippen LogP contribution in [0.2, 0.25) is 5.02 Å². The van der Waals surface area contributed by atoms with Gasteiger partial charge in [-0.1, -0.05) is 72.3 Å². The molecule has 1 aliphatic heterocycles. The largest absolute Gasteiger partial charge is 0.377 e. The Balaban J connectivity index is 1.61. The zero-order valence-corrected chi connectivity index (χ0v) is 13.8. The summed E-state index contributed by atoms with van der Waals surface area (Å²) in [6, 6.07) is 23.7. The molecule has 0 spiro atoms.